The Morgan fingerprint density at radius 3 is 2.31 bits per heavy atom. The topological polar surface area (TPSA) is 80.6 Å². The third-order valence-electron chi connectivity index (χ3n) is 5.42. The maximum absolute atomic E-state index is 12.3. The minimum absolute atomic E-state index is 0.0571. The molecule has 6 nitrogen and oxygen atoms in total. The number of benzene rings is 3. The van der Waals surface area contributed by atoms with Gasteiger partial charge >= 0.3 is 12.1 Å². The summed E-state index contributed by atoms with van der Waals surface area (Å²) in [4.78, 5) is 24.0. The van der Waals surface area contributed by atoms with Gasteiger partial charge in [-0.05, 0) is 28.3 Å². The standard InChI is InChI=1S/C26H24N2O4/c1-28-16-21(22-9-5-6-10-24(22)28)15-23(25(29)30)27-26(31)32-17-18-11-13-20(14-12-18)19-7-3-2-4-8-19/h2-14,16,23H,15,17H2,1H3,(H,27,31)(H,29,30). The van der Waals surface area contributed by atoms with Gasteiger partial charge in [0, 0.05) is 30.6 Å². The van der Waals surface area contributed by atoms with Crippen LogP contribution in [0.1, 0.15) is 11.1 Å². The molecule has 1 aromatic heterocycles. The van der Waals surface area contributed by atoms with E-state index in [9.17, 15) is 14.7 Å². The Kier molecular flexibility index (Phi) is 6.22. The zero-order valence-corrected chi connectivity index (χ0v) is 17.7. The maximum Gasteiger partial charge on any atom is 0.408 e. The molecule has 2 N–H and O–H groups in total. The van der Waals surface area contributed by atoms with E-state index in [1.165, 1.54) is 0 Å². The Balaban J connectivity index is 1.37. The molecular formula is C26H24N2O4. The third kappa shape index (κ3) is 4.81. The first kappa shape index (κ1) is 21.2. The summed E-state index contributed by atoms with van der Waals surface area (Å²) in [6, 6.07) is 24.4. The summed E-state index contributed by atoms with van der Waals surface area (Å²) in [5.74, 6) is -1.11. The van der Waals surface area contributed by atoms with Crippen LogP contribution in [-0.4, -0.2) is 27.8 Å². The average Bonchev–Trinajstić information content (AvgIpc) is 3.13. The number of aromatic nitrogens is 1. The van der Waals surface area contributed by atoms with Crippen LogP contribution in [-0.2, 0) is 29.6 Å². The van der Waals surface area contributed by atoms with E-state index in [1.807, 2.05) is 96.7 Å². The SMILES string of the molecule is Cn1cc(CC(NC(=O)OCc2ccc(-c3ccccc3)cc2)C(=O)O)c2ccccc21. The first-order valence-corrected chi connectivity index (χ1v) is 10.3. The molecule has 0 aliphatic rings. The van der Waals surface area contributed by atoms with Crippen molar-refractivity contribution in [2.45, 2.75) is 19.1 Å². The number of para-hydroxylation sites is 1. The Morgan fingerprint density at radius 2 is 1.59 bits per heavy atom. The van der Waals surface area contributed by atoms with Crippen molar-refractivity contribution in [2.75, 3.05) is 0 Å². The van der Waals surface area contributed by atoms with Gasteiger partial charge in [-0.15, -0.1) is 0 Å². The van der Waals surface area contributed by atoms with Crippen molar-refractivity contribution in [3.8, 4) is 11.1 Å². The first-order valence-electron chi connectivity index (χ1n) is 10.3. The second kappa shape index (κ2) is 9.39. The van der Waals surface area contributed by atoms with Crippen molar-refractivity contribution < 1.29 is 19.4 Å². The van der Waals surface area contributed by atoms with E-state index in [0.29, 0.717) is 0 Å². The highest BCUT2D eigenvalue weighted by molar-refractivity contribution is 5.86. The van der Waals surface area contributed by atoms with E-state index in [2.05, 4.69) is 5.32 Å². The monoisotopic (exact) mass is 428 g/mol. The lowest BCUT2D eigenvalue weighted by atomic mass is 10.0. The molecule has 0 radical (unpaired) electrons. The predicted octanol–water partition coefficient (Wildman–Crippen LogP) is 4.77. The number of fused-ring (bicyclic) bond motifs is 1. The van der Waals surface area contributed by atoms with Crippen LogP contribution < -0.4 is 5.32 Å². The second-order valence-electron chi connectivity index (χ2n) is 7.66. The molecule has 4 aromatic rings. The predicted molar refractivity (Wildman–Crippen MR) is 123 cm³/mol. The number of carboxylic acids is 1. The van der Waals surface area contributed by atoms with Gasteiger partial charge in [0.1, 0.15) is 12.6 Å². The van der Waals surface area contributed by atoms with Gasteiger partial charge in [-0.25, -0.2) is 9.59 Å². The molecule has 1 atom stereocenters. The van der Waals surface area contributed by atoms with E-state index in [-0.39, 0.29) is 13.0 Å². The number of nitrogens with zero attached hydrogens (tertiary/aromatic N) is 1. The highest BCUT2D eigenvalue weighted by Gasteiger charge is 2.23. The number of alkyl carbamates (subject to hydrolysis) is 1. The molecule has 3 aromatic carbocycles. The normalized spacial score (nSPS) is 11.8. The smallest absolute Gasteiger partial charge is 0.408 e. The van der Waals surface area contributed by atoms with Crippen molar-refractivity contribution in [1.82, 2.24) is 9.88 Å². The summed E-state index contributed by atoms with van der Waals surface area (Å²) in [5, 5.41) is 13.1. The number of amides is 1. The van der Waals surface area contributed by atoms with Crippen LogP contribution in [0.3, 0.4) is 0 Å². The van der Waals surface area contributed by atoms with Gasteiger partial charge in [0.25, 0.3) is 0 Å². The number of carbonyl (C=O) groups excluding carboxylic acids is 1. The molecule has 4 rings (SSSR count). The molecule has 1 unspecified atom stereocenters. The summed E-state index contributed by atoms with van der Waals surface area (Å²) in [5.41, 5.74) is 4.86. The first-order chi connectivity index (χ1) is 15.5. The molecule has 1 amide bonds. The lowest BCUT2D eigenvalue weighted by molar-refractivity contribution is -0.139. The molecule has 32 heavy (non-hydrogen) atoms. The molecule has 0 saturated heterocycles. The lowest BCUT2D eigenvalue weighted by Crippen LogP contribution is -2.42. The fraction of sp³-hybridized carbons (Fsp3) is 0.154. The van der Waals surface area contributed by atoms with Crippen molar-refractivity contribution in [3.63, 3.8) is 0 Å². The minimum Gasteiger partial charge on any atom is -0.480 e. The zero-order valence-electron chi connectivity index (χ0n) is 17.7. The molecule has 0 spiro atoms. The molecule has 0 aliphatic heterocycles. The summed E-state index contributed by atoms with van der Waals surface area (Å²) in [7, 11) is 1.91. The third-order valence-corrected chi connectivity index (χ3v) is 5.42. The van der Waals surface area contributed by atoms with Crippen molar-refractivity contribution in [1.29, 1.82) is 0 Å². The second-order valence-corrected chi connectivity index (χ2v) is 7.66. The number of nitrogens with one attached hydrogen (secondary N) is 1. The van der Waals surface area contributed by atoms with Crippen molar-refractivity contribution in [3.05, 3.63) is 96.2 Å². The summed E-state index contributed by atoms with van der Waals surface area (Å²) < 4.78 is 7.21. The zero-order chi connectivity index (χ0) is 22.5. The number of aliphatic carboxylic acids is 1. The number of carbonyl (C=O) groups is 2. The van der Waals surface area contributed by atoms with Crippen LogP contribution in [0, 0.1) is 0 Å². The van der Waals surface area contributed by atoms with E-state index in [4.69, 9.17) is 4.74 Å². The number of ether oxygens (including phenoxy) is 1. The van der Waals surface area contributed by atoms with Gasteiger partial charge in [-0.3, -0.25) is 0 Å². The van der Waals surface area contributed by atoms with Crippen LogP contribution in [0.2, 0.25) is 0 Å². The van der Waals surface area contributed by atoms with Crippen LogP contribution in [0.25, 0.3) is 22.0 Å². The van der Waals surface area contributed by atoms with E-state index >= 15 is 0 Å². The average molecular weight is 428 g/mol. The molecular weight excluding hydrogens is 404 g/mol. The number of aryl methyl sites for hydroxylation is 1. The summed E-state index contributed by atoms with van der Waals surface area (Å²) in [6.07, 6.45) is 1.30. The Morgan fingerprint density at radius 1 is 0.938 bits per heavy atom. The van der Waals surface area contributed by atoms with Crippen LogP contribution >= 0.6 is 0 Å². The molecule has 0 saturated carbocycles. The highest BCUT2D eigenvalue weighted by Crippen LogP contribution is 2.22. The summed E-state index contributed by atoms with van der Waals surface area (Å²) in [6.45, 7) is 0.0571. The van der Waals surface area contributed by atoms with Gasteiger partial charge in [0.2, 0.25) is 0 Å². The Bertz CT molecular complexity index is 1230. The Hall–Kier alpha value is -4.06. The number of hydrogen-bond acceptors (Lipinski definition) is 3. The number of rotatable bonds is 7. The summed E-state index contributed by atoms with van der Waals surface area (Å²) >= 11 is 0. The lowest BCUT2D eigenvalue weighted by Gasteiger charge is -2.14. The number of carboxylic acid groups (broad SMARTS) is 1. The number of hydrogen-bond donors (Lipinski definition) is 2. The molecule has 0 aliphatic carbocycles. The fourth-order valence-electron chi connectivity index (χ4n) is 3.77. The van der Waals surface area contributed by atoms with Crippen LogP contribution in [0.5, 0.6) is 0 Å². The van der Waals surface area contributed by atoms with Crippen molar-refractivity contribution in [2.24, 2.45) is 7.05 Å². The highest BCUT2D eigenvalue weighted by atomic mass is 16.5. The van der Waals surface area contributed by atoms with E-state index < -0.39 is 18.1 Å². The fourth-order valence-corrected chi connectivity index (χ4v) is 3.77. The maximum atomic E-state index is 12.3. The van der Waals surface area contributed by atoms with Gasteiger partial charge in [0.05, 0.1) is 0 Å². The van der Waals surface area contributed by atoms with Gasteiger partial charge in [0.15, 0.2) is 0 Å². The van der Waals surface area contributed by atoms with E-state index in [0.717, 1.165) is 33.2 Å². The molecule has 6 heteroatoms. The molecule has 1 heterocycles. The van der Waals surface area contributed by atoms with E-state index in [1.54, 1.807) is 0 Å². The van der Waals surface area contributed by atoms with Gasteiger partial charge in [-0.1, -0.05) is 72.8 Å². The van der Waals surface area contributed by atoms with Crippen LogP contribution in [0.15, 0.2) is 85.1 Å². The Labute approximate surface area is 186 Å². The molecule has 0 fully saturated rings. The van der Waals surface area contributed by atoms with Crippen molar-refractivity contribution >= 4 is 23.0 Å². The largest absolute Gasteiger partial charge is 0.480 e. The quantitative estimate of drug-likeness (QED) is 0.444. The van der Waals surface area contributed by atoms with Gasteiger partial charge < -0.3 is 19.7 Å². The molecule has 0 bridgehead atoms. The van der Waals surface area contributed by atoms with Crippen LogP contribution in [0.4, 0.5) is 4.79 Å². The minimum atomic E-state index is -1.11. The molecule has 162 valence electrons. The van der Waals surface area contributed by atoms with Gasteiger partial charge in [-0.2, -0.15) is 0 Å².